The molecule has 1 aromatic heterocycles. The third kappa shape index (κ3) is 4.31. The molecule has 1 aromatic carbocycles. The van der Waals surface area contributed by atoms with E-state index in [-0.39, 0.29) is 30.8 Å². The Morgan fingerprint density at radius 1 is 1.28 bits per heavy atom. The summed E-state index contributed by atoms with van der Waals surface area (Å²) in [5.41, 5.74) is 0.184. The summed E-state index contributed by atoms with van der Waals surface area (Å²) in [6.07, 6.45) is 2.57. The van der Waals surface area contributed by atoms with Gasteiger partial charge in [-0.1, -0.05) is 5.16 Å². The van der Waals surface area contributed by atoms with Crippen molar-refractivity contribution in [2.45, 2.75) is 37.6 Å². The zero-order valence-electron chi connectivity index (χ0n) is 18.6. The third-order valence-corrected chi connectivity index (χ3v) is 7.62. The van der Waals surface area contributed by atoms with Gasteiger partial charge in [-0.15, -0.1) is 0 Å². The lowest BCUT2D eigenvalue weighted by atomic mass is 9.80. The molecule has 3 atom stereocenters. The molecule has 2 heterocycles. The first-order valence-electron chi connectivity index (χ1n) is 10.4. The molecule has 0 radical (unpaired) electrons. The number of hydrogen-bond acceptors (Lipinski definition) is 8. The van der Waals surface area contributed by atoms with Crippen molar-refractivity contribution in [3.63, 3.8) is 0 Å². The van der Waals surface area contributed by atoms with Gasteiger partial charge in [-0.3, -0.25) is 4.79 Å². The number of hydrogen-bond donors (Lipinski definition) is 1. The van der Waals surface area contributed by atoms with Gasteiger partial charge in [-0.2, -0.15) is 4.98 Å². The first-order valence-corrected chi connectivity index (χ1v) is 12.2. The Hall–Kier alpha value is -2.66. The molecule has 174 valence electrons. The largest absolute Gasteiger partial charge is 0.497 e. The highest BCUT2D eigenvalue weighted by atomic mass is 32.2. The van der Waals surface area contributed by atoms with Gasteiger partial charge >= 0.3 is 0 Å². The Kier molecular flexibility index (Phi) is 5.89. The molecular formula is C21H28N4O6S. The van der Waals surface area contributed by atoms with Crippen LogP contribution in [0, 0.1) is 12.8 Å². The van der Waals surface area contributed by atoms with Crippen LogP contribution in [0.1, 0.15) is 30.1 Å². The van der Waals surface area contributed by atoms with Gasteiger partial charge in [0.25, 0.3) is 0 Å². The molecule has 1 amide bonds. The molecular weight excluding hydrogens is 436 g/mol. The second kappa shape index (κ2) is 8.36. The minimum absolute atomic E-state index is 0.0145. The smallest absolute Gasteiger partial charge is 0.234 e. The van der Waals surface area contributed by atoms with E-state index in [0.29, 0.717) is 42.6 Å². The van der Waals surface area contributed by atoms with Crippen LogP contribution in [-0.4, -0.2) is 68.4 Å². The van der Waals surface area contributed by atoms with Gasteiger partial charge in [0.1, 0.15) is 11.5 Å². The van der Waals surface area contributed by atoms with Crippen LogP contribution in [0.3, 0.4) is 0 Å². The second-order valence-electron chi connectivity index (χ2n) is 8.66. The van der Waals surface area contributed by atoms with Gasteiger partial charge in [-0.25, -0.2) is 12.7 Å². The minimum atomic E-state index is -3.35. The van der Waals surface area contributed by atoms with E-state index >= 15 is 0 Å². The highest BCUT2D eigenvalue weighted by Gasteiger charge is 2.58. The first kappa shape index (κ1) is 22.5. The molecule has 1 saturated carbocycles. The molecule has 2 fully saturated rings. The van der Waals surface area contributed by atoms with Crippen molar-refractivity contribution in [2.75, 3.05) is 33.6 Å². The molecule has 2 aromatic rings. The molecule has 1 N–H and O–H groups in total. The molecule has 0 bridgehead atoms. The lowest BCUT2D eigenvalue weighted by Gasteiger charge is -2.24. The van der Waals surface area contributed by atoms with E-state index < -0.39 is 15.4 Å². The molecule has 1 unspecified atom stereocenters. The van der Waals surface area contributed by atoms with Gasteiger partial charge in [-0.05, 0) is 43.4 Å². The van der Waals surface area contributed by atoms with Crippen LogP contribution in [0.2, 0.25) is 0 Å². The standard InChI is InChI=1S/C21H28N4O6S/c1-13-22-20(31-24-13)21-10-16(8-15(21)11-25(12-21)32(4,27)28)23-19(26)7-14-5-17(29-2)9-18(6-14)30-3/h5-6,9,15-16H,7-8,10-12H2,1-4H3,(H,23,26)/t15?,16-,21+/m1/s1. The van der Waals surface area contributed by atoms with Crippen molar-refractivity contribution >= 4 is 15.9 Å². The maximum Gasteiger partial charge on any atom is 0.234 e. The predicted octanol–water partition coefficient (Wildman–Crippen LogP) is 1.05. The number of methoxy groups -OCH3 is 2. The van der Waals surface area contributed by atoms with Gasteiger partial charge in [0.15, 0.2) is 5.82 Å². The second-order valence-corrected chi connectivity index (χ2v) is 10.6. The zero-order chi connectivity index (χ0) is 23.1. The summed E-state index contributed by atoms with van der Waals surface area (Å²) in [5, 5.41) is 7.02. The van der Waals surface area contributed by atoms with Crippen LogP contribution < -0.4 is 14.8 Å². The van der Waals surface area contributed by atoms with Gasteiger partial charge in [0.2, 0.25) is 21.8 Å². The van der Waals surface area contributed by atoms with Crippen molar-refractivity contribution in [3.8, 4) is 11.5 Å². The van der Waals surface area contributed by atoms with Crippen molar-refractivity contribution in [2.24, 2.45) is 5.92 Å². The van der Waals surface area contributed by atoms with Crippen LogP contribution >= 0.6 is 0 Å². The summed E-state index contributed by atoms with van der Waals surface area (Å²) in [7, 11) is -0.218. The molecule has 0 spiro atoms. The fourth-order valence-electron chi connectivity index (χ4n) is 4.95. The number of benzene rings is 1. The summed E-state index contributed by atoms with van der Waals surface area (Å²) in [5.74, 6) is 2.05. The lowest BCUT2D eigenvalue weighted by Crippen LogP contribution is -2.39. The average molecular weight is 465 g/mol. The number of carbonyl (C=O) groups is 1. The van der Waals surface area contributed by atoms with Crippen LogP contribution in [0.15, 0.2) is 22.7 Å². The van der Waals surface area contributed by atoms with Gasteiger partial charge in [0.05, 0.1) is 32.3 Å². The minimum Gasteiger partial charge on any atom is -0.497 e. The van der Waals surface area contributed by atoms with Gasteiger partial charge < -0.3 is 19.3 Å². The molecule has 1 aliphatic carbocycles. The summed E-state index contributed by atoms with van der Waals surface area (Å²) in [4.78, 5) is 17.2. The SMILES string of the molecule is COc1cc(CC(=O)N[C@@H]2CC3CN(S(C)(=O)=O)C[C@@]3(c3nc(C)no3)C2)cc(OC)c1. The Bertz CT molecular complexity index is 1090. The number of fused-ring (bicyclic) bond motifs is 1. The summed E-state index contributed by atoms with van der Waals surface area (Å²) in [6.45, 7) is 2.38. The average Bonchev–Trinajstić information content (AvgIpc) is 3.39. The molecule has 1 saturated heterocycles. The predicted molar refractivity (Wildman–Crippen MR) is 115 cm³/mol. The summed E-state index contributed by atoms with van der Waals surface area (Å²) in [6, 6.07) is 5.24. The third-order valence-electron chi connectivity index (χ3n) is 6.41. The zero-order valence-corrected chi connectivity index (χ0v) is 19.4. The fourth-order valence-corrected chi connectivity index (χ4v) is 5.87. The van der Waals surface area contributed by atoms with Crippen LogP contribution in [0.4, 0.5) is 0 Å². The molecule has 2 aliphatic rings. The van der Waals surface area contributed by atoms with E-state index in [9.17, 15) is 13.2 Å². The number of nitrogens with zero attached hydrogens (tertiary/aromatic N) is 3. The summed E-state index contributed by atoms with van der Waals surface area (Å²) < 4.78 is 41.9. The molecule has 32 heavy (non-hydrogen) atoms. The lowest BCUT2D eigenvalue weighted by molar-refractivity contribution is -0.121. The van der Waals surface area contributed by atoms with E-state index in [1.165, 1.54) is 10.6 Å². The molecule has 10 nitrogen and oxygen atoms in total. The number of sulfonamides is 1. The quantitative estimate of drug-likeness (QED) is 0.645. The maximum atomic E-state index is 12.8. The van der Waals surface area contributed by atoms with Crippen molar-refractivity contribution in [1.29, 1.82) is 0 Å². The van der Waals surface area contributed by atoms with Gasteiger partial charge in [0, 0.05) is 25.2 Å². The number of aryl methyl sites for hydroxylation is 1. The number of nitrogens with one attached hydrogen (secondary N) is 1. The van der Waals surface area contributed by atoms with Crippen LogP contribution in [0.25, 0.3) is 0 Å². The van der Waals surface area contributed by atoms with E-state index in [2.05, 4.69) is 15.5 Å². The monoisotopic (exact) mass is 464 g/mol. The Labute approximate surface area is 187 Å². The van der Waals surface area contributed by atoms with E-state index in [1.54, 1.807) is 39.3 Å². The molecule has 11 heteroatoms. The van der Waals surface area contributed by atoms with E-state index in [4.69, 9.17) is 14.0 Å². The summed E-state index contributed by atoms with van der Waals surface area (Å²) >= 11 is 0. The van der Waals surface area contributed by atoms with Crippen molar-refractivity contribution in [3.05, 3.63) is 35.5 Å². The Morgan fingerprint density at radius 2 is 1.97 bits per heavy atom. The van der Waals surface area contributed by atoms with Crippen LogP contribution in [-0.2, 0) is 26.7 Å². The van der Waals surface area contributed by atoms with Crippen molar-refractivity contribution < 1.29 is 27.2 Å². The number of carbonyl (C=O) groups excluding carboxylic acids is 1. The Morgan fingerprint density at radius 3 is 2.53 bits per heavy atom. The highest BCUT2D eigenvalue weighted by Crippen LogP contribution is 2.50. The topological polar surface area (TPSA) is 124 Å². The first-order chi connectivity index (χ1) is 15.1. The number of rotatable bonds is 7. The highest BCUT2D eigenvalue weighted by molar-refractivity contribution is 7.88. The van der Waals surface area contributed by atoms with E-state index in [1.807, 2.05) is 0 Å². The van der Waals surface area contributed by atoms with E-state index in [0.717, 1.165) is 5.56 Å². The molecule has 1 aliphatic heterocycles. The molecule has 4 rings (SSSR count). The Balaban J connectivity index is 1.49. The van der Waals surface area contributed by atoms with Crippen molar-refractivity contribution in [1.82, 2.24) is 19.8 Å². The number of aromatic nitrogens is 2. The fraction of sp³-hybridized carbons (Fsp3) is 0.571. The number of amides is 1. The normalized spacial score (nSPS) is 25.5. The van der Waals surface area contributed by atoms with Crippen LogP contribution in [0.5, 0.6) is 11.5 Å². The number of ether oxygens (including phenoxy) is 2. The maximum absolute atomic E-state index is 12.8.